The van der Waals surface area contributed by atoms with Crippen LogP contribution >= 0.6 is 0 Å². The summed E-state index contributed by atoms with van der Waals surface area (Å²) in [7, 11) is 0. The largest absolute Gasteiger partial charge is 0.439 e. The maximum absolute atomic E-state index is 12.9. The van der Waals surface area contributed by atoms with Crippen molar-refractivity contribution in [3.63, 3.8) is 0 Å². The molecule has 0 unspecified atom stereocenters. The highest BCUT2D eigenvalue weighted by molar-refractivity contribution is 5.76. The second-order valence-corrected chi connectivity index (χ2v) is 6.59. The van der Waals surface area contributed by atoms with E-state index in [1.54, 1.807) is 42.9 Å². The third-order valence-electron chi connectivity index (χ3n) is 4.30. The number of aromatic nitrogens is 4. The number of pyridine rings is 2. The van der Waals surface area contributed by atoms with Crippen LogP contribution in [0.3, 0.4) is 0 Å². The molecule has 0 radical (unpaired) electrons. The summed E-state index contributed by atoms with van der Waals surface area (Å²) < 4.78 is 23.7. The summed E-state index contributed by atoms with van der Waals surface area (Å²) in [5.74, 6) is 1.25. The molecule has 0 saturated heterocycles. The van der Waals surface area contributed by atoms with Crippen LogP contribution in [0.2, 0.25) is 0 Å². The van der Waals surface area contributed by atoms with Crippen molar-refractivity contribution in [3.05, 3.63) is 84.4 Å². The summed E-state index contributed by atoms with van der Waals surface area (Å²) in [5.41, 5.74) is 1.62. The number of benzene rings is 1. The molecule has 0 atom stereocenters. The minimum atomic E-state index is -0.334. The lowest BCUT2D eigenvalue weighted by atomic mass is 10.2. The number of halogens is 1. The van der Waals surface area contributed by atoms with Crippen molar-refractivity contribution in [1.29, 1.82) is 0 Å². The third-order valence-corrected chi connectivity index (χ3v) is 4.30. The normalized spacial score (nSPS) is 10.6. The number of nitrogens with one attached hydrogen (secondary N) is 1. The van der Waals surface area contributed by atoms with Crippen LogP contribution in [-0.2, 0) is 17.8 Å². The van der Waals surface area contributed by atoms with Gasteiger partial charge in [-0.1, -0.05) is 11.2 Å². The molecular formula is C22H18FN5O3. The Hall–Kier alpha value is -4.14. The van der Waals surface area contributed by atoms with Crippen molar-refractivity contribution in [3.8, 4) is 23.0 Å². The van der Waals surface area contributed by atoms with E-state index in [1.807, 2.05) is 0 Å². The van der Waals surface area contributed by atoms with Crippen molar-refractivity contribution in [2.75, 3.05) is 0 Å². The Labute approximate surface area is 177 Å². The molecule has 9 heteroatoms. The molecule has 0 aliphatic rings. The number of ether oxygens (including phenoxy) is 1. The van der Waals surface area contributed by atoms with Crippen LogP contribution in [-0.4, -0.2) is 26.0 Å². The Balaban J connectivity index is 1.22. The van der Waals surface area contributed by atoms with Crippen LogP contribution in [0, 0.1) is 5.82 Å². The van der Waals surface area contributed by atoms with Gasteiger partial charge in [0.2, 0.25) is 23.5 Å². The van der Waals surface area contributed by atoms with E-state index in [9.17, 15) is 9.18 Å². The van der Waals surface area contributed by atoms with E-state index in [2.05, 4.69) is 25.4 Å². The van der Waals surface area contributed by atoms with Gasteiger partial charge < -0.3 is 14.6 Å². The van der Waals surface area contributed by atoms with Crippen LogP contribution in [0.5, 0.6) is 11.6 Å². The second-order valence-electron chi connectivity index (χ2n) is 6.59. The van der Waals surface area contributed by atoms with Crippen LogP contribution in [0.4, 0.5) is 4.39 Å². The van der Waals surface area contributed by atoms with Gasteiger partial charge >= 0.3 is 0 Å². The molecule has 1 aromatic carbocycles. The van der Waals surface area contributed by atoms with Gasteiger partial charge in [-0.2, -0.15) is 4.98 Å². The zero-order chi connectivity index (χ0) is 21.5. The zero-order valence-electron chi connectivity index (χ0n) is 16.4. The van der Waals surface area contributed by atoms with E-state index < -0.39 is 0 Å². The molecule has 3 aromatic heterocycles. The number of carbonyl (C=O) groups excluding carboxylic acids is 1. The Morgan fingerprint density at radius 2 is 1.87 bits per heavy atom. The van der Waals surface area contributed by atoms with Gasteiger partial charge in [0.1, 0.15) is 11.6 Å². The molecule has 8 nitrogen and oxygen atoms in total. The molecule has 0 spiro atoms. The Bertz CT molecular complexity index is 1130. The number of hydrogen-bond donors (Lipinski definition) is 1. The quantitative estimate of drug-likeness (QED) is 0.464. The highest BCUT2D eigenvalue weighted by Gasteiger charge is 2.10. The van der Waals surface area contributed by atoms with Gasteiger partial charge in [0.15, 0.2) is 0 Å². The summed E-state index contributed by atoms with van der Waals surface area (Å²) in [5, 5.41) is 6.74. The first-order valence-corrected chi connectivity index (χ1v) is 9.54. The van der Waals surface area contributed by atoms with Gasteiger partial charge in [-0.25, -0.2) is 9.37 Å². The number of carbonyl (C=O) groups is 1. The summed E-state index contributed by atoms with van der Waals surface area (Å²) in [6.07, 6.45) is 5.46. The summed E-state index contributed by atoms with van der Waals surface area (Å²) >= 11 is 0. The molecular weight excluding hydrogens is 401 g/mol. The Kier molecular flexibility index (Phi) is 6.22. The molecule has 4 aromatic rings. The molecule has 0 aliphatic heterocycles. The summed E-state index contributed by atoms with van der Waals surface area (Å²) in [6.45, 7) is 0.328. The van der Waals surface area contributed by atoms with Crippen molar-refractivity contribution in [2.24, 2.45) is 0 Å². The van der Waals surface area contributed by atoms with Crippen LogP contribution in [0.15, 0.2) is 71.6 Å². The highest BCUT2D eigenvalue weighted by atomic mass is 19.1. The van der Waals surface area contributed by atoms with Crippen molar-refractivity contribution in [1.82, 2.24) is 25.4 Å². The maximum atomic E-state index is 12.9. The molecule has 0 bridgehead atoms. The van der Waals surface area contributed by atoms with E-state index in [0.29, 0.717) is 36.3 Å². The molecule has 0 fully saturated rings. The van der Waals surface area contributed by atoms with Crippen molar-refractivity contribution < 1.29 is 18.4 Å². The lowest BCUT2D eigenvalue weighted by molar-refractivity contribution is -0.121. The first-order valence-electron chi connectivity index (χ1n) is 9.54. The van der Waals surface area contributed by atoms with Crippen LogP contribution in [0.25, 0.3) is 11.4 Å². The lowest BCUT2D eigenvalue weighted by Crippen LogP contribution is -2.23. The first kappa shape index (κ1) is 20.1. The zero-order valence-corrected chi connectivity index (χ0v) is 16.4. The molecule has 156 valence electrons. The van der Waals surface area contributed by atoms with Gasteiger partial charge in [-0.05, 0) is 42.0 Å². The molecule has 0 saturated carbocycles. The van der Waals surface area contributed by atoms with E-state index >= 15 is 0 Å². The SMILES string of the molecule is O=C(CCc1nc(-c2ccncc2)no1)NCc1ccc(Oc2ccc(F)cc2)nc1. The van der Waals surface area contributed by atoms with Crippen molar-refractivity contribution in [2.45, 2.75) is 19.4 Å². The minimum Gasteiger partial charge on any atom is -0.439 e. The standard InChI is InChI=1S/C22H18FN5O3/c23-17-2-4-18(5-3-17)30-20-7-1-15(14-26-20)13-25-19(29)6-8-21-27-22(28-31-21)16-9-11-24-12-10-16/h1-5,7,9-12,14H,6,8,13H2,(H,25,29). The van der Waals surface area contributed by atoms with Crippen molar-refractivity contribution >= 4 is 5.91 Å². The van der Waals surface area contributed by atoms with E-state index in [0.717, 1.165) is 11.1 Å². The first-order chi connectivity index (χ1) is 15.2. The molecule has 1 amide bonds. The maximum Gasteiger partial charge on any atom is 0.227 e. The van der Waals surface area contributed by atoms with Gasteiger partial charge in [-0.15, -0.1) is 0 Å². The number of amides is 1. The molecule has 1 N–H and O–H groups in total. The fourth-order valence-electron chi connectivity index (χ4n) is 2.68. The Morgan fingerprint density at radius 1 is 1.06 bits per heavy atom. The fourth-order valence-corrected chi connectivity index (χ4v) is 2.68. The van der Waals surface area contributed by atoms with E-state index in [-0.39, 0.29) is 18.1 Å². The van der Waals surface area contributed by atoms with Gasteiger partial charge in [0.05, 0.1) is 0 Å². The van der Waals surface area contributed by atoms with Crippen LogP contribution in [0.1, 0.15) is 17.9 Å². The van der Waals surface area contributed by atoms with Gasteiger partial charge in [0, 0.05) is 49.6 Å². The monoisotopic (exact) mass is 419 g/mol. The fraction of sp³-hybridized carbons (Fsp3) is 0.136. The van der Waals surface area contributed by atoms with E-state index in [1.165, 1.54) is 24.3 Å². The molecule has 3 heterocycles. The third kappa shape index (κ3) is 5.69. The molecule has 4 rings (SSSR count). The predicted molar refractivity (Wildman–Crippen MR) is 108 cm³/mol. The van der Waals surface area contributed by atoms with Gasteiger partial charge in [-0.3, -0.25) is 9.78 Å². The topological polar surface area (TPSA) is 103 Å². The predicted octanol–water partition coefficient (Wildman–Crippen LogP) is 3.71. The molecule has 0 aliphatic carbocycles. The highest BCUT2D eigenvalue weighted by Crippen LogP contribution is 2.19. The Morgan fingerprint density at radius 3 is 2.61 bits per heavy atom. The average Bonchev–Trinajstić information content (AvgIpc) is 3.28. The number of aryl methyl sites for hydroxylation is 1. The second kappa shape index (κ2) is 9.57. The number of nitrogens with zero attached hydrogens (tertiary/aromatic N) is 4. The van der Waals surface area contributed by atoms with Gasteiger partial charge in [0.25, 0.3) is 0 Å². The number of hydrogen-bond acceptors (Lipinski definition) is 7. The van der Waals surface area contributed by atoms with Crippen LogP contribution < -0.4 is 10.1 Å². The molecule has 31 heavy (non-hydrogen) atoms. The number of rotatable bonds is 8. The minimum absolute atomic E-state index is 0.143. The van der Waals surface area contributed by atoms with E-state index in [4.69, 9.17) is 9.26 Å². The lowest BCUT2D eigenvalue weighted by Gasteiger charge is -2.07. The summed E-state index contributed by atoms with van der Waals surface area (Å²) in [6, 6.07) is 12.7. The average molecular weight is 419 g/mol. The summed E-state index contributed by atoms with van der Waals surface area (Å²) in [4.78, 5) is 24.5. The smallest absolute Gasteiger partial charge is 0.227 e.